The summed E-state index contributed by atoms with van der Waals surface area (Å²) in [5.74, 6) is -2.34. The molecule has 0 aliphatic rings. The van der Waals surface area contributed by atoms with Crippen LogP contribution in [0.15, 0.2) is 18.2 Å². The van der Waals surface area contributed by atoms with Crippen molar-refractivity contribution in [2.75, 3.05) is 26.6 Å². The Morgan fingerprint density at radius 3 is 1.88 bits per heavy atom. The first kappa shape index (κ1) is 21.0. The first-order valence-corrected chi connectivity index (χ1v) is 7.71. The highest BCUT2D eigenvalue weighted by Gasteiger charge is 2.15. The minimum atomic E-state index is -0.660. The molecule has 10 heteroatoms. The lowest BCUT2D eigenvalue weighted by molar-refractivity contribution is -0.142. The third-order valence-corrected chi connectivity index (χ3v) is 3.27. The van der Waals surface area contributed by atoms with Crippen LogP contribution in [0.4, 0.5) is 5.69 Å². The number of anilines is 1. The fourth-order valence-corrected chi connectivity index (χ4v) is 2.07. The molecule has 0 aliphatic heterocycles. The summed E-state index contributed by atoms with van der Waals surface area (Å²) in [7, 11) is 3.62. The first-order valence-electron chi connectivity index (χ1n) is 7.30. The van der Waals surface area contributed by atoms with Crippen molar-refractivity contribution in [1.82, 2.24) is 5.32 Å². The fraction of sp³-hybridized carbons (Fsp3) is 0.312. The van der Waals surface area contributed by atoms with Crippen molar-refractivity contribution in [3.05, 3.63) is 29.3 Å². The van der Waals surface area contributed by atoms with Crippen LogP contribution in [0, 0.1) is 0 Å². The molecule has 9 nitrogen and oxygen atoms in total. The minimum absolute atomic E-state index is 0.0716. The first-order chi connectivity index (χ1) is 12.3. The second kappa shape index (κ2) is 10.1. The molecule has 0 aliphatic carbocycles. The van der Waals surface area contributed by atoms with Crippen LogP contribution in [0.1, 0.15) is 33.6 Å². The summed E-state index contributed by atoms with van der Waals surface area (Å²) in [6.07, 6.45) is -0.195. The third-order valence-electron chi connectivity index (χ3n) is 3.07. The zero-order valence-corrected chi connectivity index (χ0v) is 15.2. The van der Waals surface area contributed by atoms with Gasteiger partial charge in [0.15, 0.2) is 5.11 Å². The minimum Gasteiger partial charge on any atom is -0.469 e. The molecule has 0 spiro atoms. The van der Waals surface area contributed by atoms with Crippen LogP contribution in [0.2, 0.25) is 0 Å². The van der Waals surface area contributed by atoms with E-state index >= 15 is 0 Å². The van der Waals surface area contributed by atoms with Gasteiger partial charge >= 0.3 is 17.9 Å². The van der Waals surface area contributed by atoms with E-state index < -0.39 is 23.8 Å². The Morgan fingerprint density at radius 2 is 1.42 bits per heavy atom. The summed E-state index contributed by atoms with van der Waals surface area (Å²) in [5.41, 5.74) is 0.460. The number of carbonyl (C=O) groups excluding carboxylic acids is 4. The predicted molar refractivity (Wildman–Crippen MR) is 94.7 cm³/mol. The van der Waals surface area contributed by atoms with Gasteiger partial charge in [-0.15, -0.1) is 0 Å². The quantitative estimate of drug-likeness (QED) is 0.422. The molecule has 26 heavy (non-hydrogen) atoms. The Balaban J connectivity index is 2.85. The third kappa shape index (κ3) is 6.48. The Kier molecular flexibility index (Phi) is 8.16. The smallest absolute Gasteiger partial charge is 0.337 e. The summed E-state index contributed by atoms with van der Waals surface area (Å²) in [6, 6.07) is 4.09. The molecule has 1 aromatic carbocycles. The molecule has 0 atom stereocenters. The van der Waals surface area contributed by atoms with Gasteiger partial charge in [-0.05, 0) is 30.4 Å². The van der Waals surface area contributed by atoms with E-state index in [2.05, 4.69) is 24.8 Å². The number of methoxy groups -OCH3 is 3. The molecule has 1 amide bonds. The largest absolute Gasteiger partial charge is 0.469 e. The molecular formula is C16H18N2O7S. The summed E-state index contributed by atoms with van der Waals surface area (Å²) in [5, 5.41) is 4.98. The molecule has 0 saturated heterocycles. The van der Waals surface area contributed by atoms with E-state index in [1.807, 2.05) is 0 Å². The average molecular weight is 382 g/mol. The van der Waals surface area contributed by atoms with Crippen LogP contribution in [0.3, 0.4) is 0 Å². The van der Waals surface area contributed by atoms with Gasteiger partial charge in [0.2, 0.25) is 5.91 Å². The highest BCUT2D eigenvalue weighted by atomic mass is 32.1. The topological polar surface area (TPSA) is 120 Å². The van der Waals surface area contributed by atoms with Gasteiger partial charge in [-0.1, -0.05) is 0 Å². The van der Waals surface area contributed by atoms with E-state index in [1.165, 1.54) is 39.5 Å². The van der Waals surface area contributed by atoms with Crippen LogP contribution in [-0.2, 0) is 23.8 Å². The van der Waals surface area contributed by atoms with Crippen molar-refractivity contribution in [3.63, 3.8) is 0 Å². The van der Waals surface area contributed by atoms with Gasteiger partial charge in [0.25, 0.3) is 0 Å². The number of thiocarbonyl (C=S) groups is 1. The van der Waals surface area contributed by atoms with Gasteiger partial charge in [-0.2, -0.15) is 0 Å². The van der Waals surface area contributed by atoms with E-state index in [1.54, 1.807) is 0 Å². The lowest BCUT2D eigenvalue weighted by atomic mass is 10.1. The molecule has 0 fully saturated rings. The molecule has 1 rings (SSSR count). The van der Waals surface area contributed by atoms with Crippen LogP contribution in [0.5, 0.6) is 0 Å². The van der Waals surface area contributed by atoms with E-state index in [4.69, 9.17) is 12.2 Å². The number of nitrogens with one attached hydrogen (secondary N) is 2. The average Bonchev–Trinajstić information content (AvgIpc) is 2.64. The molecule has 0 radical (unpaired) electrons. The number of ether oxygens (including phenoxy) is 3. The predicted octanol–water partition coefficient (Wildman–Crippen LogP) is 1.03. The van der Waals surface area contributed by atoms with Crippen molar-refractivity contribution >= 4 is 46.8 Å². The molecule has 1 aromatic rings. The van der Waals surface area contributed by atoms with Crippen molar-refractivity contribution in [2.45, 2.75) is 12.8 Å². The molecule has 0 bridgehead atoms. The van der Waals surface area contributed by atoms with E-state index in [0.717, 1.165) is 0 Å². The Hall–Kier alpha value is -3.01. The summed E-state index contributed by atoms with van der Waals surface area (Å²) in [4.78, 5) is 46.2. The molecule has 0 aromatic heterocycles. The lowest BCUT2D eigenvalue weighted by Gasteiger charge is -2.12. The van der Waals surface area contributed by atoms with Gasteiger partial charge in [0.1, 0.15) is 0 Å². The number of hydrogen-bond donors (Lipinski definition) is 2. The van der Waals surface area contributed by atoms with Gasteiger partial charge in [0, 0.05) is 12.1 Å². The van der Waals surface area contributed by atoms with Crippen molar-refractivity contribution in [3.8, 4) is 0 Å². The molecule has 2 N–H and O–H groups in total. The maximum Gasteiger partial charge on any atom is 0.337 e. The lowest BCUT2D eigenvalue weighted by Crippen LogP contribution is -2.34. The molecule has 0 heterocycles. The SMILES string of the molecule is COC(=O)CCC(=O)NC(=S)Nc1cc(C(=O)OC)cc(C(=O)OC)c1. The zero-order chi connectivity index (χ0) is 19.7. The molecular weight excluding hydrogens is 364 g/mol. The van der Waals surface area contributed by atoms with Crippen molar-refractivity contribution < 1.29 is 33.4 Å². The second-order valence-electron chi connectivity index (χ2n) is 4.86. The van der Waals surface area contributed by atoms with E-state index in [9.17, 15) is 19.2 Å². The molecule has 140 valence electrons. The Bertz CT molecular complexity index is 699. The second-order valence-corrected chi connectivity index (χ2v) is 5.27. The standard InChI is InChI=1S/C16H18N2O7S/c1-23-13(20)5-4-12(19)18-16(26)17-11-7-9(14(21)24-2)6-10(8-11)15(22)25-3/h6-8H,4-5H2,1-3H3,(H2,17,18,19,26). The van der Waals surface area contributed by atoms with E-state index in [0.29, 0.717) is 0 Å². The summed E-state index contributed by atoms with van der Waals surface area (Å²) < 4.78 is 13.7. The zero-order valence-electron chi connectivity index (χ0n) is 14.4. The van der Waals surface area contributed by atoms with Crippen molar-refractivity contribution in [2.24, 2.45) is 0 Å². The van der Waals surface area contributed by atoms with Crippen LogP contribution >= 0.6 is 12.2 Å². The van der Waals surface area contributed by atoms with Crippen LogP contribution < -0.4 is 10.6 Å². The number of carbonyl (C=O) groups is 4. The number of rotatable bonds is 6. The van der Waals surface area contributed by atoms with Crippen LogP contribution in [0.25, 0.3) is 0 Å². The number of esters is 3. The van der Waals surface area contributed by atoms with Gasteiger partial charge in [-0.25, -0.2) is 9.59 Å². The number of hydrogen-bond acceptors (Lipinski definition) is 8. The van der Waals surface area contributed by atoms with Crippen LogP contribution in [-0.4, -0.2) is 50.3 Å². The Labute approximate surface area is 155 Å². The summed E-state index contributed by atoms with van der Waals surface area (Å²) >= 11 is 5.00. The summed E-state index contributed by atoms with van der Waals surface area (Å²) in [6.45, 7) is 0. The van der Waals surface area contributed by atoms with Gasteiger partial charge in [-0.3, -0.25) is 9.59 Å². The highest BCUT2D eigenvalue weighted by molar-refractivity contribution is 7.80. The van der Waals surface area contributed by atoms with Crippen molar-refractivity contribution in [1.29, 1.82) is 0 Å². The maximum atomic E-state index is 11.7. The fourth-order valence-electron chi connectivity index (χ4n) is 1.84. The number of benzene rings is 1. The van der Waals surface area contributed by atoms with E-state index in [-0.39, 0.29) is 34.8 Å². The van der Waals surface area contributed by atoms with Gasteiger partial charge < -0.3 is 24.8 Å². The van der Waals surface area contributed by atoms with Gasteiger partial charge in [0.05, 0.1) is 38.9 Å². The maximum absolute atomic E-state index is 11.7. The Morgan fingerprint density at radius 1 is 0.885 bits per heavy atom. The highest BCUT2D eigenvalue weighted by Crippen LogP contribution is 2.17. The molecule has 0 unspecified atom stereocenters. The monoisotopic (exact) mass is 382 g/mol. The molecule has 0 saturated carbocycles. The number of amides is 1. The normalized spacial score (nSPS) is 9.65.